The lowest BCUT2D eigenvalue weighted by Gasteiger charge is -2.11. The first-order valence-corrected chi connectivity index (χ1v) is 11.6. The highest BCUT2D eigenvalue weighted by molar-refractivity contribution is 9.10. The second-order valence-electron chi connectivity index (χ2n) is 8.12. The highest BCUT2D eigenvalue weighted by Gasteiger charge is 2.20. The van der Waals surface area contributed by atoms with E-state index in [4.69, 9.17) is 15.7 Å². The van der Waals surface area contributed by atoms with Gasteiger partial charge in [-0.1, -0.05) is 40.2 Å². The van der Waals surface area contributed by atoms with Gasteiger partial charge in [0, 0.05) is 15.4 Å². The second kappa shape index (κ2) is 9.12. The molecular formula is C27H20BrN5O2. The molecule has 2 heterocycles. The number of hydrogen-bond donors (Lipinski definition) is 2. The standard InChI is InChI=1S/C27H20BrN5O2/c1-16-10-18(15-35-19-5-2-4-17(11-19)13-29)8-9-25(16)33-27(30)21(14-31-33)26(34)24-12-20-22(28)6-3-7-23(20)32-24/h2-12,14,32H,15,30H2,1H3. The molecule has 0 bridgehead atoms. The summed E-state index contributed by atoms with van der Waals surface area (Å²) in [7, 11) is 0. The van der Waals surface area contributed by atoms with E-state index in [-0.39, 0.29) is 11.6 Å². The van der Waals surface area contributed by atoms with Gasteiger partial charge in [-0.2, -0.15) is 10.4 Å². The van der Waals surface area contributed by atoms with Crippen molar-refractivity contribution >= 4 is 38.4 Å². The number of ketones is 1. The number of aromatic amines is 1. The maximum atomic E-state index is 13.2. The van der Waals surface area contributed by atoms with Crippen LogP contribution in [0.25, 0.3) is 16.6 Å². The van der Waals surface area contributed by atoms with Crippen LogP contribution < -0.4 is 10.5 Å². The molecular weight excluding hydrogens is 506 g/mol. The number of nitrogens with one attached hydrogen (secondary N) is 1. The minimum absolute atomic E-state index is 0.223. The first-order valence-electron chi connectivity index (χ1n) is 10.8. The Kier molecular flexibility index (Phi) is 5.85. The van der Waals surface area contributed by atoms with Crippen LogP contribution in [-0.4, -0.2) is 20.5 Å². The van der Waals surface area contributed by atoms with Crippen LogP contribution in [0.3, 0.4) is 0 Å². The number of nitrogens with zero attached hydrogens (tertiary/aromatic N) is 3. The van der Waals surface area contributed by atoms with Gasteiger partial charge in [0.1, 0.15) is 18.2 Å². The van der Waals surface area contributed by atoms with Crippen LogP contribution in [0.4, 0.5) is 5.82 Å². The lowest BCUT2D eigenvalue weighted by molar-refractivity contribution is 0.103. The van der Waals surface area contributed by atoms with Gasteiger partial charge in [-0.15, -0.1) is 0 Å². The Hall–Kier alpha value is -4.35. The Labute approximate surface area is 209 Å². The minimum atomic E-state index is -0.223. The fraction of sp³-hybridized carbons (Fsp3) is 0.0741. The Morgan fingerprint density at radius 1 is 1.17 bits per heavy atom. The molecule has 0 aliphatic carbocycles. The molecule has 5 aromatic rings. The molecule has 0 unspecified atom stereocenters. The topological polar surface area (TPSA) is 110 Å². The Balaban J connectivity index is 1.37. The van der Waals surface area contributed by atoms with Gasteiger partial charge in [-0.25, -0.2) is 4.68 Å². The number of H-pyrrole nitrogens is 1. The van der Waals surface area contributed by atoms with E-state index in [1.807, 2.05) is 55.5 Å². The molecule has 0 aliphatic heterocycles. The summed E-state index contributed by atoms with van der Waals surface area (Å²) in [4.78, 5) is 16.3. The molecule has 0 fully saturated rings. The van der Waals surface area contributed by atoms with Gasteiger partial charge in [0.2, 0.25) is 5.78 Å². The summed E-state index contributed by atoms with van der Waals surface area (Å²) in [5.41, 5.74) is 11.2. The molecule has 7 nitrogen and oxygen atoms in total. The average Bonchev–Trinajstić information content (AvgIpc) is 3.47. The molecule has 0 amide bonds. The van der Waals surface area contributed by atoms with Gasteiger partial charge in [0.15, 0.2) is 0 Å². The number of nitriles is 1. The van der Waals surface area contributed by atoms with E-state index in [1.165, 1.54) is 6.20 Å². The number of benzene rings is 3. The van der Waals surface area contributed by atoms with Crippen molar-refractivity contribution in [1.82, 2.24) is 14.8 Å². The summed E-state index contributed by atoms with van der Waals surface area (Å²) >= 11 is 3.51. The molecule has 3 aromatic carbocycles. The lowest BCUT2D eigenvalue weighted by Crippen LogP contribution is -2.08. The number of nitrogens with two attached hydrogens (primary N) is 1. The molecule has 3 N–H and O–H groups in total. The molecule has 0 saturated carbocycles. The summed E-state index contributed by atoms with van der Waals surface area (Å²) in [5.74, 6) is 0.682. The Morgan fingerprint density at radius 3 is 2.77 bits per heavy atom. The maximum Gasteiger partial charge on any atom is 0.214 e. The number of rotatable bonds is 6. The van der Waals surface area contributed by atoms with E-state index in [2.05, 4.69) is 32.1 Å². The van der Waals surface area contributed by atoms with E-state index in [0.29, 0.717) is 29.2 Å². The van der Waals surface area contributed by atoms with Crippen LogP contribution in [-0.2, 0) is 6.61 Å². The highest BCUT2D eigenvalue weighted by Crippen LogP contribution is 2.28. The van der Waals surface area contributed by atoms with E-state index in [0.717, 1.165) is 32.2 Å². The van der Waals surface area contributed by atoms with Crippen molar-refractivity contribution in [3.05, 3.63) is 105 Å². The number of ether oxygens (including phenoxy) is 1. The zero-order valence-corrected chi connectivity index (χ0v) is 20.3. The highest BCUT2D eigenvalue weighted by atomic mass is 79.9. The summed E-state index contributed by atoms with van der Waals surface area (Å²) in [6, 6.07) is 22.5. The monoisotopic (exact) mass is 525 g/mol. The lowest BCUT2D eigenvalue weighted by atomic mass is 10.1. The number of nitrogen functional groups attached to an aromatic ring is 1. The molecule has 0 radical (unpaired) electrons. The quantitative estimate of drug-likeness (QED) is 0.277. The number of halogens is 1. The second-order valence-corrected chi connectivity index (χ2v) is 8.97. The van der Waals surface area contributed by atoms with Crippen LogP contribution in [0.15, 0.2) is 77.4 Å². The summed E-state index contributed by atoms with van der Waals surface area (Å²) in [6.07, 6.45) is 1.50. The molecule has 2 aromatic heterocycles. The Bertz CT molecular complexity index is 1630. The van der Waals surface area contributed by atoms with Crippen LogP contribution >= 0.6 is 15.9 Å². The van der Waals surface area contributed by atoms with Crippen molar-refractivity contribution in [2.45, 2.75) is 13.5 Å². The van der Waals surface area contributed by atoms with Crippen molar-refractivity contribution in [2.24, 2.45) is 0 Å². The molecule has 172 valence electrons. The molecule has 0 aliphatic rings. The number of aryl methyl sites for hydroxylation is 1. The zero-order chi connectivity index (χ0) is 24.5. The fourth-order valence-corrected chi connectivity index (χ4v) is 4.46. The van der Waals surface area contributed by atoms with Gasteiger partial charge in [-0.05, 0) is 60.5 Å². The van der Waals surface area contributed by atoms with Gasteiger partial charge in [-0.3, -0.25) is 4.79 Å². The molecule has 0 saturated heterocycles. The predicted octanol–water partition coefficient (Wildman–Crippen LogP) is 5.69. The average molecular weight is 526 g/mol. The smallest absolute Gasteiger partial charge is 0.214 e. The zero-order valence-electron chi connectivity index (χ0n) is 18.7. The van der Waals surface area contributed by atoms with Gasteiger partial charge >= 0.3 is 0 Å². The first kappa shape index (κ1) is 22.4. The molecule has 5 rings (SSSR count). The number of fused-ring (bicyclic) bond motifs is 1. The Morgan fingerprint density at radius 2 is 2.00 bits per heavy atom. The number of carbonyl (C=O) groups excluding carboxylic acids is 1. The summed E-state index contributed by atoms with van der Waals surface area (Å²) in [5, 5.41) is 14.4. The van der Waals surface area contributed by atoms with E-state index >= 15 is 0 Å². The van der Waals surface area contributed by atoms with E-state index < -0.39 is 0 Å². The van der Waals surface area contributed by atoms with E-state index in [1.54, 1.807) is 22.9 Å². The third-order valence-electron chi connectivity index (χ3n) is 5.76. The molecule has 8 heteroatoms. The molecule has 0 atom stereocenters. The third kappa shape index (κ3) is 4.29. The maximum absolute atomic E-state index is 13.2. The van der Waals surface area contributed by atoms with Gasteiger partial charge in [0.25, 0.3) is 0 Å². The largest absolute Gasteiger partial charge is 0.489 e. The summed E-state index contributed by atoms with van der Waals surface area (Å²) in [6.45, 7) is 2.30. The van der Waals surface area contributed by atoms with Gasteiger partial charge in [0.05, 0.1) is 34.8 Å². The number of anilines is 1. The predicted molar refractivity (Wildman–Crippen MR) is 138 cm³/mol. The van der Waals surface area contributed by atoms with Crippen LogP contribution in [0.1, 0.15) is 32.7 Å². The number of carbonyl (C=O) groups is 1. The molecule has 0 spiro atoms. The van der Waals surface area contributed by atoms with Gasteiger partial charge < -0.3 is 15.5 Å². The minimum Gasteiger partial charge on any atom is -0.489 e. The van der Waals surface area contributed by atoms with Crippen LogP contribution in [0, 0.1) is 18.3 Å². The fourth-order valence-electron chi connectivity index (χ4n) is 3.98. The van der Waals surface area contributed by atoms with Crippen molar-refractivity contribution < 1.29 is 9.53 Å². The van der Waals surface area contributed by atoms with Crippen molar-refractivity contribution in [1.29, 1.82) is 5.26 Å². The summed E-state index contributed by atoms with van der Waals surface area (Å²) < 4.78 is 8.31. The SMILES string of the molecule is Cc1cc(COc2cccc(C#N)c2)ccc1-n1ncc(C(=O)c2cc3c(Br)cccc3[nH]2)c1N. The third-order valence-corrected chi connectivity index (χ3v) is 6.46. The first-order chi connectivity index (χ1) is 16.9. The molecule has 35 heavy (non-hydrogen) atoms. The van der Waals surface area contributed by atoms with E-state index in [9.17, 15) is 4.79 Å². The van der Waals surface area contributed by atoms with Crippen molar-refractivity contribution in [2.75, 3.05) is 5.73 Å². The van der Waals surface area contributed by atoms with Crippen LogP contribution in [0.2, 0.25) is 0 Å². The number of aromatic nitrogens is 3. The normalized spacial score (nSPS) is 10.9. The van der Waals surface area contributed by atoms with Crippen LogP contribution in [0.5, 0.6) is 5.75 Å². The van der Waals surface area contributed by atoms with Crippen molar-refractivity contribution in [3.63, 3.8) is 0 Å². The number of hydrogen-bond acceptors (Lipinski definition) is 5. The van der Waals surface area contributed by atoms with Crippen molar-refractivity contribution in [3.8, 4) is 17.5 Å².